The third kappa shape index (κ3) is 2.59. The monoisotopic (exact) mass is 288 g/mol. The molecule has 1 aliphatic rings. The fourth-order valence-corrected chi connectivity index (χ4v) is 3.15. The Hall–Kier alpha value is -1.72. The van der Waals surface area contributed by atoms with E-state index in [-0.39, 0.29) is 12.0 Å². The number of likely N-dealkylation sites (tertiary alicyclic amines) is 1. The van der Waals surface area contributed by atoms with Crippen molar-refractivity contribution in [1.82, 2.24) is 9.88 Å². The molecule has 0 saturated carbocycles. The zero-order chi connectivity index (χ0) is 14.1. The van der Waals surface area contributed by atoms with Crippen LogP contribution in [0.1, 0.15) is 22.5 Å². The number of aliphatic hydroxyl groups excluding tert-OH is 1. The second-order valence-corrected chi connectivity index (χ2v) is 5.92. The van der Waals surface area contributed by atoms with Crippen molar-refractivity contribution in [2.45, 2.75) is 19.4 Å². The summed E-state index contributed by atoms with van der Waals surface area (Å²) in [4.78, 5) is 18.4. The topological polar surface area (TPSA) is 53.4 Å². The molecule has 1 amide bonds. The van der Waals surface area contributed by atoms with Crippen molar-refractivity contribution in [2.75, 3.05) is 13.1 Å². The average molecular weight is 288 g/mol. The molecule has 1 saturated heterocycles. The molecular weight excluding hydrogens is 272 g/mol. The van der Waals surface area contributed by atoms with Crippen LogP contribution < -0.4 is 0 Å². The number of carbonyl (C=O) groups excluding carboxylic acids is 1. The van der Waals surface area contributed by atoms with Crippen LogP contribution in [-0.2, 0) is 0 Å². The molecule has 104 valence electrons. The molecule has 1 N–H and O–H groups in total. The minimum absolute atomic E-state index is 0.0107. The van der Waals surface area contributed by atoms with E-state index in [4.69, 9.17) is 0 Å². The summed E-state index contributed by atoms with van der Waals surface area (Å²) in [5.41, 5.74) is 2.70. The molecule has 0 bridgehead atoms. The van der Waals surface area contributed by atoms with Crippen molar-refractivity contribution in [3.05, 3.63) is 40.9 Å². The smallest absolute Gasteiger partial charge is 0.253 e. The van der Waals surface area contributed by atoms with Gasteiger partial charge in [-0.05, 0) is 25.5 Å². The Bertz CT molecular complexity index is 621. The van der Waals surface area contributed by atoms with Crippen LogP contribution in [0.25, 0.3) is 10.6 Å². The van der Waals surface area contributed by atoms with Crippen molar-refractivity contribution in [1.29, 1.82) is 0 Å². The summed E-state index contributed by atoms with van der Waals surface area (Å²) in [6, 6.07) is 7.52. The summed E-state index contributed by atoms with van der Waals surface area (Å²) < 4.78 is 0. The molecule has 2 heterocycles. The SMILES string of the molecule is Cc1csc(-c2ccc(C(=O)N3CC[C@@H](O)C3)cc2)n1. The Morgan fingerprint density at radius 2 is 2.15 bits per heavy atom. The highest BCUT2D eigenvalue weighted by atomic mass is 32.1. The van der Waals surface area contributed by atoms with E-state index in [1.54, 1.807) is 16.2 Å². The molecule has 1 fully saturated rings. The fourth-order valence-electron chi connectivity index (χ4n) is 2.35. The fraction of sp³-hybridized carbons (Fsp3) is 0.333. The Kier molecular flexibility index (Phi) is 3.54. The number of amides is 1. The second-order valence-electron chi connectivity index (χ2n) is 5.07. The molecule has 5 heteroatoms. The van der Waals surface area contributed by atoms with Crippen LogP contribution in [0.2, 0.25) is 0 Å². The molecule has 0 spiro atoms. The average Bonchev–Trinajstić information content (AvgIpc) is 3.07. The number of hydrogen-bond donors (Lipinski definition) is 1. The summed E-state index contributed by atoms with van der Waals surface area (Å²) >= 11 is 1.60. The first-order valence-corrected chi connectivity index (χ1v) is 7.51. The molecule has 1 aliphatic heterocycles. The Morgan fingerprint density at radius 1 is 1.40 bits per heavy atom. The van der Waals surface area contributed by atoms with Gasteiger partial charge in [0.25, 0.3) is 5.91 Å². The van der Waals surface area contributed by atoms with Crippen LogP contribution in [0.3, 0.4) is 0 Å². The van der Waals surface area contributed by atoms with E-state index in [0.29, 0.717) is 25.1 Å². The number of rotatable bonds is 2. The van der Waals surface area contributed by atoms with E-state index in [1.165, 1.54) is 0 Å². The molecule has 20 heavy (non-hydrogen) atoms. The normalized spacial score (nSPS) is 18.5. The molecule has 1 aromatic carbocycles. The number of benzene rings is 1. The molecule has 3 rings (SSSR count). The maximum atomic E-state index is 12.2. The van der Waals surface area contributed by atoms with Crippen LogP contribution in [0, 0.1) is 6.92 Å². The molecule has 0 radical (unpaired) electrons. The predicted octanol–water partition coefficient (Wildman–Crippen LogP) is 2.33. The number of nitrogens with zero attached hydrogens (tertiary/aromatic N) is 2. The summed E-state index contributed by atoms with van der Waals surface area (Å²) in [5.74, 6) is -0.0107. The van der Waals surface area contributed by atoms with Crippen LogP contribution in [0.5, 0.6) is 0 Å². The number of carbonyl (C=O) groups is 1. The lowest BCUT2D eigenvalue weighted by Gasteiger charge is -2.15. The van der Waals surface area contributed by atoms with Crippen LogP contribution in [-0.4, -0.2) is 40.1 Å². The molecule has 0 unspecified atom stereocenters. The van der Waals surface area contributed by atoms with E-state index in [9.17, 15) is 9.90 Å². The highest BCUT2D eigenvalue weighted by Crippen LogP contribution is 2.24. The first-order valence-electron chi connectivity index (χ1n) is 6.63. The summed E-state index contributed by atoms with van der Waals surface area (Å²) in [6.07, 6.45) is 0.291. The van der Waals surface area contributed by atoms with Gasteiger partial charge in [-0.1, -0.05) is 12.1 Å². The minimum atomic E-state index is -0.378. The van der Waals surface area contributed by atoms with Gasteiger partial charge < -0.3 is 10.0 Å². The predicted molar refractivity (Wildman–Crippen MR) is 78.8 cm³/mol. The number of hydrogen-bond acceptors (Lipinski definition) is 4. The van der Waals surface area contributed by atoms with Crippen molar-refractivity contribution in [2.24, 2.45) is 0 Å². The van der Waals surface area contributed by atoms with Crippen LogP contribution in [0.4, 0.5) is 0 Å². The van der Waals surface area contributed by atoms with Gasteiger partial charge in [-0.15, -0.1) is 11.3 Å². The van der Waals surface area contributed by atoms with E-state index in [2.05, 4.69) is 4.98 Å². The van der Waals surface area contributed by atoms with Gasteiger partial charge in [-0.25, -0.2) is 4.98 Å². The van der Waals surface area contributed by atoms with Crippen molar-refractivity contribution in [3.63, 3.8) is 0 Å². The first-order chi connectivity index (χ1) is 9.63. The summed E-state index contributed by atoms with van der Waals surface area (Å²) in [5, 5.41) is 12.5. The summed E-state index contributed by atoms with van der Waals surface area (Å²) in [7, 11) is 0. The standard InChI is InChI=1S/C15H16N2O2S/c1-10-9-20-14(16-10)11-2-4-12(5-3-11)15(19)17-7-6-13(18)8-17/h2-5,9,13,18H,6-8H2,1H3/t13-/m1/s1. The number of thiazole rings is 1. The largest absolute Gasteiger partial charge is 0.391 e. The Labute approximate surface area is 121 Å². The lowest BCUT2D eigenvalue weighted by atomic mass is 10.1. The third-order valence-electron chi connectivity index (χ3n) is 3.45. The highest BCUT2D eigenvalue weighted by molar-refractivity contribution is 7.13. The van der Waals surface area contributed by atoms with Gasteiger partial charge in [0.2, 0.25) is 0 Å². The van der Waals surface area contributed by atoms with Gasteiger partial charge in [0.15, 0.2) is 0 Å². The van der Waals surface area contributed by atoms with Crippen molar-refractivity contribution in [3.8, 4) is 10.6 Å². The summed E-state index contributed by atoms with van der Waals surface area (Å²) in [6.45, 7) is 3.04. The molecule has 1 aromatic heterocycles. The number of β-amino-alcohol motifs (C(OH)–C–C–N with tert-alkyl or cyclic N) is 1. The maximum Gasteiger partial charge on any atom is 0.253 e. The van der Waals surface area contributed by atoms with E-state index >= 15 is 0 Å². The second kappa shape index (κ2) is 5.34. The van der Waals surface area contributed by atoms with Gasteiger partial charge in [0.05, 0.1) is 6.10 Å². The zero-order valence-corrected chi connectivity index (χ0v) is 12.1. The van der Waals surface area contributed by atoms with Crippen molar-refractivity contribution < 1.29 is 9.90 Å². The zero-order valence-electron chi connectivity index (χ0n) is 11.2. The number of aromatic nitrogens is 1. The molecular formula is C15H16N2O2S. The van der Waals surface area contributed by atoms with Gasteiger partial charge >= 0.3 is 0 Å². The lowest BCUT2D eigenvalue weighted by Crippen LogP contribution is -2.29. The van der Waals surface area contributed by atoms with Crippen LogP contribution >= 0.6 is 11.3 Å². The van der Waals surface area contributed by atoms with E-state index in [1.807, 2.05) is 36.6 Å². The minimum Gasteiger partial charge on any atom is -0.391 e. The van der Waals surface area contributed by atoms with Gasteiger partial charge in [-0.3, -0.25) is 4.79 Å². The van der Waals surface area contributed by atoms with Gasteiger partial charge in [-0.2, -0.15) is 0 Å². The number of aliphatic hydroxyl groups is 1. The highest BCUT2D eigenvalue weighted by Gasteiger charge is 2.25. The Balaban J connectivity index is 1.77. The third-order valence-corrected chi connectivity index (χ3v) is 4.46. The number of aryl methyl sites for hydroxylation is 1. The lowest BCUT2D eigenvalue weighted by molar-refractivity contribution is 0.0765. The van der Waals surface area contributed by atoms with E-state index < -0.39 is 0 Å². The molecule has 0 aliphatic carbocycles. The molecule has 4 nitrogen and oxygen atoms in total. The van der Waals surface area contributed by atoms with Gasteiger partial charge in [0.1, 0.15) is 5.01 Å². The Morgan fingerprint density at radius 3 is 2.70 bits per heavy atom. The van der Waals surface area contributed by atoms with E-state index in [0.717, 1.165) is 16.3 Å². The van der Waals surface area contributed by atoms with Crippen LogP contribution in [0.15, 0.2) is 29.6 Å². The molecule has 2 aromatic rings. The first kappa shape index (κ1) is 13.3. The maximum absolute atomic E-state index is 12.2. The van der Waals surface area contributed by atoms with Crippen molar-refractivity contribution >= 4 is 17.2 Å². The van der Waals surface area contributed by atoms with Gasteiger partial charge in [0, 0.05) is 35.3 Å². The quantitative estimate of drug-likeness (QED) is 0.922. The molecule has 1 atom stereocenters.